The second kappa shape index (κ2) is 6.21. The second-order valence-electron chi connectivity index (χ2n) is 2.47. The van der Waals surface area contributed by atoms with E-state index in [4.69, 9.17) is 4.74 Å². The zero-order chi connectivity index (χ0) is 8.69. The van der Waals surface area contributed by atoms with E-state index < -0.39 is 0 Å². The van der Waals surface area contributed by atoms with E-state index >= 15 is 0 Å². The molecule has 0 rings (SSSR count). The predicted octanol–water partition coefficient (Wildman–Crippen LogP) is 1.19. The lowest BCUT2D eigenvalue weighted by molar-refractivity contribution is -0.00335. The van der Waals surface area contributed by atoms with Crippen LogP contribution in [-0.4, -0.2) is 24.4 Å². The number of aliphatic hydroxyl groups is 1. The molecule has 0 saturated carbocycles. The predicted molar refractivity (Wildman–Crippen MR) is 45.2 cm³/mol. The lowest BCUT2D eigenvalue weighted by atomic mass is 10.1. The van der Waals surface area contributed by atoms with Gasteiger partial charge in [0, 0.05) is 13.5 Å². The van der Waals surface area contributed by atoms with Crippen LogP contribution in [0.4, 0.5) is 0 Å². The van der Waals surface area contributed by atoms with Gasteiger partial charge in [-0.05, 0) is 20.3 Å². The van der Waals surface area contributed by atoms with Crippen LogP contribution in [-0.2, 0) is 4.74 Å². The van der Waals surface area contributed by atoms with E-state index in [1.54, 1.807) is 14.0 Å². The van der Waals surface area contributed by atoms with Crippen LogP contribution in [0.25, 0.3) is 0 Å². The summed E-state index contributed by atoms with van der Waals surface area (Å²) in [5.41, 5.74) is 0. The fourth-order valence-electron chi connectivity index (χ4n) is 0.737. The summed E-state index contributed by atoms with van der Waals surface area (Å²) in [5, 5.41) is 9.35. The van der Waals surface area contributed by atoms with Gasteiger partial charge < -0.3 is 9.84 Å². The Balaban J connectivity index is 3.48. The van der Waals surface area contributed by atoms with Crippen LogP contribution in [0.1, 0.15) is 26.7 Å². The van der Waals surface area contributed by atoms with Crippen molar-refractivity contribution in [2.75, 3.05) is 7.11 Å². The van der Waals surface area contributed by atoms with Crippen molar-refractivity contribution in [3.05, 3.63) is 0 Å². The largest absolute Gasteiger partial charge is 0.390 e. The highest BCUT2D eigenvalue weighted by atomic mass is 16.5. The third-order valence-corrected chi connectivity index (χ3v) is 1.66. The van der Waals surface area contributed by atoms with Crippen molar-refractivity contribution in [2.45, 2.75) is 38.9 Å². The average molecular weight is 156 g/mol. The molecule has 0 amide bonds. The summed E-state index contributed by atoms with van der Waals surface area (Å²) >= 11 is 0. The second-order valence-corrected chi connectivity index (χ2v) is 2.47. The molecule has 2 nitrogen and oxygen atoms in total. The Morgan fingerprint density at radius 2 is 2.18 bits per heavy atom. The van der Waals surface area contributed by atoms with Crippen molar-refractivity contribution in [2.24, 2.45) is 0 Å². The Morgan fingerprint density at radius 1 is 1.55 bits per heavy atom. The van der Waals surface area contributed by atoms with Crippen LogP contribution < -0.4 is 0 Å². The van der Waals surface area contributed by atoms with E-state index in [0.717, 1.165) is 6.42 Å². The van der Waals surface area contributed by atoms with Crippen LogP contribution in [0.15, 0.2) is 0 Å². The molecular formula is C9H16O2. The first-order valence-corrected chi connectivity index (χ1v) is 3.82. The molecule has 0 fully saturated rings. The Labute approximate surface area is 68.6 Å². The molecule has 2 heteroatoms. The molecule has 0 bridgehead atoms. The maximum atomic E-state index is 9.35. The van der Waals surface area contributed by atoms with Gasteiger partial charge in [0.25, 0.3) is 0 Å². The maximum absolute atomic E-state index is 9.35. The molecule has 2 unspecified atom stereocenters. The number of aliphatic hydroxyl groups excluding tert-OH is 1. The van der Waals surface area contributed by atoms with Gasteiger partial charge in [-0.25, -0.2) is 0 Å². The summed E-state index contributed by atoms with van der Waals surface area (Å²) in [6.07, 6.45) is 0.954. The fraction of sp³-hybridized carbons (Fsp3) is 0.778. The first-order valence-electron chi connectivity index (χ1n) is 3.82. The average Bonchev–Trinajstić information content (AvgIpc) is 2.03. The molecule has 64 valence electrons. The highest BCUT2D eigenvalue weighted by Gasteiger charge is 2.11. The van der Waals surface area contributed by atoms with Crippen LogP contribution in [0.2, 0.25) is 0 Å². The minimum atomic E-state index is -0.388. The maximum Gasteiger partial charge on any atom is 0.0808 e. The van der Waals surface area contributed by atoms with Crippen molar-refractivity contribution < 1.29 is 9.84 Å². The van der Waals surface area contributed by atoms with E-state index in [2.05, 4.69) is 11.8 Å². The minimum Gasteiger partial charge on any atom is -0.390 e. The van der Waals surface area contributed by atoms with Crippen LogP contribution in [0.3, 0.4) is 0 Å². The normalized spacial score (nSPS) is 14.9. The molecule has 0 aromatic carbocycles. The monoisotopic (exact) mass is 156 g/mol. The zero-order valence-corrected chi connectivity index (χ0v) is 7.42. The van der Waals surface area contributed by atoms with E-state index in [-0.39, 0.29) is 12.2 Å². The van der Waals surface area contributed by atoms with E-state index in [1.807, 2.05) is 6.92 Å². The number of rotatable bonds is 4. The highest BCUT2D eigenvalue weighted by molar-refractivity contribution is 4.95. The third-order valence-electron chi connectivity index (χ3n) is 1.66. The zero-order valence-electron chi connectivity index (χ0n) is 7.42. The van der Waals surface area contributed by atoms with E-state index in [1.165, 1.54) is 0 Å². The highest BCUT2D eigenvalue weighted by Crippen LogP contribution is 2.03. The van der Waals surface area contributed by atoms with Crippen molar-refractivity contribution >= 4 is 0 Å². The van der Waals surface area contributed by atoms with Gasteiger partial charge in [0.15, 0.2) is 0 Å². The summed E-state index contributed by atoms with van der Waals surface area (Å²) < 4.78 is 4.94. The lowest BCUT2D eigenvalue weighted by Crippen LogP contribution is -2.24. The van der Waals surface area contributed by atoms with Crippen LogP contribution in [0, 0.1) is 11.8 Å². The van der Waals surface area contributed by atoms with Gasteiger partial charge in [-0.1, -0.05) is 0 Å². The Bertz CT molecular complexity index is 143. The molecule has 0 heterocycles. The van der Waals surface area contributed by atoms with Crippen molar-refractivity contribution in [1.82, 2.24) is 0 Å². The molecule has 0 aliphatic heterocycles. The van der Waals surface area contributed by atoms with Gasteiger partial charge in [-0.3, -0.25) is 0 Å². The summed E-state index contributed by atoms with van der Waals surface area (Å²) in [4.78, 5) is 0. The van der Waals surface area contributed by atoms with Gasteiger partial charge in [0.2, 0.25) is 0 Å². The number of hydrogen-bond acceptors (Lipinski definition) is 2. The van der Waals surface area contributed by atoms with E-state index in [9.17, 15) is 5.11 Å². The van der Waals surface area contributed by atoms with Crippen molar-refractivity contribution in [3.63, 3.8) is 0 Å². The van der Waals surface area contributed by atoms with Gasteiger partial charge >= 0.3 is 0 Å². The third kappa shape index (κ3) is 4.83. The van der Waals surface area contributed by atoms with Crippen molar-refractivity contribution in [1.29, 1.82) is 0 Å². The Hall–Kier alpha value is -0.520. The molecule has 0 aromatic heterocycles. The first-order chi connectivity index (χ1) is 5.22. The molecule has 0 aromatic rings. The smallest absolute Gasteiger partial charge is 0.0808 e. The molecule has 0 saturated heterocycles. The molecule has 0 aliphatic rings. The van der Waals surface area contributed by atoms with Crippen LogP contribution >= 0.6 is 0 Å². The lowest BCUT2D eigenvalue weighted by Gasteiger charge is -2.15. The number of hydrogen-bond donors (Lipinski definition) is 1. The van der Waals surface area contributed by atoms with E-state index in [0.29, 0.717) is 6.42 Å². The van der Waals surface area contributed by atoms with Gasteiger partial charge in [0.05, 0.1) is 12.2 Å². The van der Waals surface area contributed by atoms with Gasteiger partial charge in [-0.15, -0.1) is 11.8 Å². The fourth-order valence-corrected chi connectivity index (χ4v) is 0.737. The Kier molecular flexibility index (Phi) is 5.91. The molecule has 0 aliphatic carbocycles. The van der Waals surface area contributed by atoms with Crippen LogP contribution in [0.5, 0.6) is 0 Å². The molecule has 0 radical (unpaired) electrons. The van der Waals surface area contributed by atoms with Crippen molar-refractivity contribution in [3.8, 4) is 11.8 Å². The molecule has 1 N–H and O–H groups in total. The standard InChI is InChI=1S/C9H16O2/c1-4-5-6-7-9(10)8(2)11-3/h8-10H,6-7H2,1-3H3. The quantitative estimate of drug-likeness (QED) is 0.619. The SMILES string of the molecule is CC#CCCC(O)C(C)OC. The molecule has 0 spiro atoms. The molecule has 2 atom stereocenters. The summed E-state index contributed by atoms with van der Waals surface area (Å²) in [6.45, 7) is 3.65. The molecule has 11 heavy (non-hydrogen) atoms. The number of ether oxygens (including phenoxy) is 1. The summed E-state index contributed by atoms with van der Waals surface area (Å²) in [7, 11) is 1.60. The molecular weight excluding hydrogens is 140 g/mol. The van der Waals surface area contributed by atoms with Gasteiger partial charge in [0.1, 0.15) is 0 Å². The first kappa shape index (κ1) is 10.5. The number of methoxy groups -OCH3 is 1. The summed E-state index contributed by atoms with van der Waals surface area (Å²) in [6, 6.07) is 0. The Morgan fingerprint density at radius 3 is 2.64 bits per heavy atom. The summed E-state index contributed by atoms with van der Waals surface area (Å²) in [5.74, 6) is 5.67. The topological polar surface area (TPSA) is 29.5 Å². The minimum absolute atomic E-state index is 0.0892. The van der Waals surface area contributed by atoms with Gasteiger partial charge in [-0.2, -0.15) is 0 Å².